The van der Waals surface area contributed by atoms with Gasteiger partial charge in [-0.3, -0.25) is 4.99 Å². The van der Waals surface area contributed by atoms with Gasteiger partial charge in [0.05, 0.1) is 5.57 Å². The summed E-state index contributed by atoms with van der Waals surface area (Å²) < 4.78 is 0. The van der Waals surface area contributed by atoms with Crippen molar-refractivity contribution in [2.24, 2.45) is 4.99 Å². The van der Waals surface area contributed by atoms with Crippen LogP contribution in [0.4, 0.5) is 0 Å². The number of carbonyl (C=O) groups is 1. The van der Waals surface area contributed by atoms with Crippen LogP contribution in [0.25, 0.3) is 0 Å². The second-order valence-electron chi connectivity index (χ2n) is 1.30. The first-order valence-corrected chi connectivity index (χ1v) is 2.04. The summed E-state index contributed by atoms with van der Waals surface area (Å²) in [6.45, 7) is 4.55. The topological polar surface area (TPSA) is 49.7 Å². The molecule has 3 heteroatoms. The van der Waals surface area contributed by atoms with E-state index in [4.69, 9.17) is 5.11 Å². The van der Waals surface area contributed by atoms with Crippen molar-refractivity contribution in [1.29, 1.82) is 0 Å². The van der Waals surface area contributed by atoms with Gasteiger partial charge in [-0.25, -0.2) is 4.79 Å². The number of nitrogens with zero attached hydrogens (tertiary/aromatic N) is 1. The van der Waals surface area contributed by atoms with E-state index in [2.05, 4.69) is 11.7 Å². The number of aliphatic imine (C=N–C) groups is 1. The predicted octanol–water partition coefficient (Wildman–Crippen LogP) is 0.675. The summed E-state index contributed by atoms with van der Waals surface area (Å²) in [6, 6.07) is 0. The molecule has 0 aliphatic rings. The molecule has 0 spiro atoms. The van der Waals surface area contributed by atoms with E-state index in [9.17, 15) is 4.79 Å². The van der Waals surface area contributed by atoms with Gasteiger partial charge in [-0.1, -0.05) is 0 Å². The Morgan fingerprint density at radius 3 is 2.50 bits per heavy atom. The zero-order chi connectivity index (χ0) is 6.57. The number of hydrogen-bond acceptors (Lipinski definition) is 2. The number of carboxylic acid groups (broad SMARTS) is 1. The second kappa shape index (κ2) is 2.96. The molecule has 0 radical (unpaired) electrons. The molecule has 0 fully saturated rings. The minimum atomic E-state index is -0.961. The van der Waals surface area contributed by atoms with Crippen molar-refractivity contribution >= 4 is 12.7 Å². The van der Waals surface area contributed by atoms with E-state index in [1.807, 2.05) is 0 Å². The van der Waals surface area contributed by atoms with Crippen LogP contribution >= 0.6 is 0 Å². The Labute approximate surface area is 47.4 Å². The summed E-state index contributed by atoms with van der Waals surface area (Å²) in [5.41, 5.74) is 0.194. The zero-order valence-corrected chi connectivity index (χ0v) is 4.59. The normalized spacial score (nSPS) is 10.9. The van der Waals surface area contributed by atoms with E-state index in [1.165, 1.54) is 13.1 Å². The number of hydrogen-bond donors (Lipinski definition) is 1. The van der Waals surface area contributed by atoms with E-state index in [-0.39, 0.29) is 5.57 Å². The van der Waals surface area contributed by atoms with E-state index >= 15 is 0 Å². The van der Waals surface area contributed by atoms with Gasteiger partial charge in [0.2, 0.25) is 0 Å². The SMILES string of the molecule is C=N/C=C(\C)C(=O)O. The molecule has 0 bridgehead atoms. The average Bonchev–Trinajstić information content (AvgIpc) is 1.67. The third-order valence-corrected chi connectivity index (χ3v) is 0.622. The summed E-state index contributed by atoms with van der Waals surface area (Å²) in [7, 11) is 0. The molecule has 0 aromatic carbocycles. The van der Waals surface area contributed by atoms with Crippen LogP contribution in [0.15, 0.2) is 16.8 Å². The molecule has 0 saturated heterocycles. The van der Waals surface area contributed by atoms with Gasteiger partial charge in [-0.2, -0.15) is 0 Å². The molecule has 3 nitrogen and oxygen atoms in total. The lowest BCUT2D eigenvalue weighted by atomic mass is 10.3. The van der Waals surface area contributed by atoms with Crippen LogP contribution in [0.3, 0.4) is 0 Å². The smallest absolute Gasteiger partial charge is 0.332 e. The van der Waals surface area contributed by atoms with Crippen molar-refractivity contribution in [2.45, 2.75) is 6.92 Å². The van der Waals surface area contributed by atoms with Crippen molar-refractivity contribution in [3.63, 3.8) is 0 Å². The number of aliphatic carboxylic acids is 1. The van der Waals surface area contributed by atoms with E-state index in [1.54, 1.807) is 0 Å². The number of rotatable bonds is 2. The molecule has 44 valence electrons. The molecule has 0 heterocycles. The zero-order valence-electron chi connectivity index (χ0n) is 4.59. The average molecular weight is 113 g/mol. The van der Waals surface area contributed by atoms with Crippen molar-refractivity contribution in [3.8, 4) is 0 Å². The molecule has 8 heavy (non-hydrogen) atoms. The summed E-state index contributed by atoms with van der Waals surface area (Å²) in [6.07, 6.45) is 1.20. The van der Waals surface area contributed by atoms with Crippen LogP contribution in [0.5, 0.6) is 0 Å². The Balaban J connectivity index is 3.99. The maximum absolute atomic E-state index is 9.93. The Kier molecular flexibility index (Phi) is 2.54. The van der Waals surface area contributed by atoms with Crippen LogP contribution in [0, 0.1) is 0 Å². The number of carboxylic acids is 1. The van der Waals surface area contributed by atoms with Crippen molar-refractivity contribution in [1.82, 2.24) is 0 Å². The Bertz CT molecular complexity index is 137. The largest absolute Gasteiger partial charge is 0.478 e. The minimum Gasteiger partial charge on any atom is -0.478 e. The Hall–Kier alpha value is -1.12. The lowest BCUT2D eigenvalue weighted by Gasteiger charge is -1.84. The van der Waals surface area contributed by atoms with Crippen molar-refractivity contribution in [2.75, 3.05) is 0 Å². The molecule has 0 atom stereocenters. The van der Waals surface area contributed by atoms with E-state index in [0.29, 0.717) is 0 Å². The fourth-order valence-electron chi connectivity index (χ4n) is 0.192. The summed E-state index contributed by atoms with van der Waals surface area (Å²) >= 11 is 0. The highest BCUT2D eigenvalue weighted by atomic mass is 16.4. The van der Waals surface area contributed by atoms with Gasteiger partial charge in [0, 0.05) is 6.20 Å². The highest BCUT2D eigenvalue weighted by Gasteiger charge is 1.95. The second-order valence-corrected chi connectivity index (χ2v) is 1.30. The lowest BCUT2D eigenvalue weighted by Crippen LogP contribution is -1.94. The third-order valence-electron chi connectivity index (χ3n) is 0.622. The summed E-state index contributed by atoms with van der Waals surface area (Å²) in [4.78, 5) is 13.2. The monoisotopic (exact) mass is 113 g/mol. The first-order chi connectivity index (χ1) is 3.68. The minimum absolute atomic E-state index is 0.194. The quantitative estimate of drug-likeness (QED) is 0.422. The molecule has 0 aromatic rings. The Morgan fingerprint density at radius 2 is 2.38 bits per heavy atom. The molecule has 0 saturated carbocycles. The maximum atomic E-state index is 9.93. The first kappa shape index (κ1) is 6.88. The summed E-state index contributed by atoms with van der Waals surface area (Å²) in [5.74, 6) is -0.961. The molecule has 0 aromatic heterocycles. The Morgan fingerprint density at radius 1 is 1.88 bits per heavy atom. The molecular formula is C5H7NO2. The maximum Gasteiger partial charge on any atom is 0.332 e. The van der Waals surface area contributed by atoms with Gasteiger partial charge in [0.1, 0.15) is 0 Å². The van der Waals surface area contributed by atoms with E-state index < -0.39 is 5.97 Å². The highest BCUT2D eigenvalue weighted by Crippen LogP contribution is 1.89. The van der Waals surface area contributed by atoms with Gasteiger partial charge < -0.3 is 5.11 Å². The molecule has 0 aliphatic heterocycles. The van der Waals surface area contributed by atoms with Crippen LogP contribution < -0.4 is 0 Å². The molecule has 0 aliphatic carbocycles. The first-order valence-electron chi connectivity index (χ1n) is 2.04. The van der Waals surface area contributed by atoms with Crippen molar-refractivity contribution < 1.29 is 9.90 Å². The molecule has 0 unspecified atom stereocenters. The van der Waals surface area contributed by atoms with Crippen LogP contribution in [0.2, 0.25) is 0 Å². The van der Waals surface area contributed by atoms with Crippen LogP contribution in [-0.2, 0) is 4.79 Å². The molecular weight excluding hydrogens is 106 g/mol. The van der Waals surface area contributed by atoms with Crippen molar-refractivity contribution in [3.05, 3.63) is 11.8 Å². The molecule has 0 amide bonds. The van der Waals surface area contributed by atoms with Gasteiger partial charge in [0.25, 0.3) is 0 Å². The fourth-order valence-corrected chi connectivity index (χ4v) is 0.192. The third kappa shape index (κ3) is 2.12. The van der Waals surface area contributed by atoms with Crippen LogP contribution in [0.1, 0.15) is 6.92 Å². The van der Waals surface area contributed by atoms with Gasteiger partial charge in [-0.05, 0) is 13.6 Å². The standard InChI is InChI=1S/C5H7NO2/c1-4(3-6-2)5(7)8/h3H,2H2,1H3,(H,7,8)/b4-3+. The fraction of sp³-hybridized carbons (Fsp3) is 0.200. The molecule has 1 N–H and O–H groups in total. The van der Waals surface area contributed by atoms with Gasteiger partial charge >= 0.3 is 5.97 Å². The van der Waals surface area contributed by atoms with Gasteiger partial charge in [0.15, 0.2) is 0 Å². The van der Waals surface area contributed by atoms with E-state index in [0.717, 1.165) is 0 Å². The predicted molar refractivity (Wildman–Crippen MR) is 30.9 cm³/mol. The van der Waals surface area contributed by atoms with Crippen LogP contribution in [-0.4, -0.2) is 17.8 Å². The summed E-state index contributed by atoms with van der Waals surface area (Å²) in [5, 5.41) is 8.16. The van der Waals surface area contributed by atoms with Gasteiger partial charge in [-0.15, -0.1) is 0 Å². The lowest BCUT2D eigenvalue weighted by molar-refractivity contribution is -0.132. The highest BCUT2D eigenvalue weighted by molar-refractivity contribution is 5.85. The molecule has 0 rings (SSSR count).